The van der Waals surface area contributed by atoms with Crippen LogP contribution in [0.3, 0.4) is 0 Å². The Morgan fingerprint density at radius 1 is 1.25 bits per heavy atom. The number of benzene rings is 2. The van der Waals surface area contributed by atoms with E-state index >= 15 is 0 Å². The molecule has 0 aliphatic rings. The number of aryl methyl sites for hydroxylation is 1. The number of nitrogens with two attached hydrogens (primary N) is 1. The summed E-state index contributed by atoms with van der Waals surface area (Å²) in [5.41, 5.74) is 0.542. The van der Waals surface area contributed by atoms with E-state index in [1.54, 1.807) is 19.1 Å². The minimum atomic E-state index is -0.936. The predicted octanol–water partition coefficient (Wildman–Crippen LogP) is 1.75. The van der Waals surface area contributed by atoms with Crippen molar-refractivity contribution in [3.63, 3.8) is 0 Å². The van der Waals surface area contributed by atoms with Crippen molar-refractivity contribution in [2.24, 2.45) is 5.90 Å². The van der Waals surface area contributed by atoms with Crippen molar-refractivity contribution >= 4 is 34.9 Å². The fourth-order valence-electron chi connectivity index (χ4n) is 2.32. The smallest absolute Gasteiger partial charge is 0.337 e. The van der Waals surface area contributed by atoms with Gasteiger partial charge in [0, 0.05) is 10.8 Å². The van der Waals surface area contributed by atoms with Crippen LogP contribution in [0.25, 0.3) is 21.9 Å². The zero-order valence-electron chi connectivity index (χ0n) is 10.5. The molecule has 0 aliphatic carbocycles. The van der Waals surface area contributed by atoms with Gasteiger partial charge in [-0.15, -0.1) is 0 Å². The molecule has 4 nitrogen and oxygen atoms in total. The Balaban J connectivity index is 2.52. The van der Waals surface area contributed by atoms with Crippen molar-refractivity contribution in [1.82, 2.24) is 0 Å². The lowest BCUT2D eigenvalue weighted by atomic mass is 9.84. The average molecular weight is 277 g/mol. The van der Waals surface area contributed by atoms with Crippen molar-refractivity contribution in [1.29, 1.82) is 0 Å². The summed E-state index contributed by atoms with van der Waals surface area (Å²) in [4.78, 5) is 0. The summed E-state index contributed by atoms with van der Waals surface area (Å²) in [6.07, 6.45) is 0. The SMILES string of the molecule is Cc1ccc2c(oc3c(F)c(O)cc(BON)c32)c1F. The first-order chi connectivity index (χ1) is 9.54. The van der Waals surface area contributed by atoms with Crippen LogP contribution in [0.2, 0.25) is 0 Å². The summed E-state index contributed by atoms with van der Waals surface area (Å²) < 4.78 is 37.8. The second-order valence-corrected chi connectivity index (χ2v) is 4.56. The van der Waals surface area contributed by atoms with Gasteiger partial charge in [0.25, 0.3) is 0 Å². The van der Waals surface area contributed by atoms with Crippen molar-refractivity contribution in [3.05, 3.63) is 35.4 Å². The van der Waals surface area contributed by atoms with Crippen LogP contribution in [0.15, 0.2) is 22.6 Å². The quantitative estimate of drug-likeness (QED) is 0.553. The number of phenolic OH excluding ortho intramolecular Hbond substituents is 1. The van der Waals surface area contributed by atoms with Crippen LogP contribution in [-0.2, 0) is 4.76 Å². The third-order valence-corrected chi connectivity index (χ3v) is 3.29. The van der Waals surface area contributed by atoms with Crippen LogP contribution in [0.1, 0.15) is 5.56 Å². The van der Waals surface area contributed by atoms with E-state index in [2.05, 4.69) is 4.76 Å². The van der Waals surface area contributed by atoms with Gasteiger partial charge in [-0.25, -0.2) is 10.3 Å². The summed E-state index contributed by atoms with van der Waals surface area (Å²) in [6, 6.07) is 4.40. The number of hydrogen-bond acceptors (Lipinski definition) is 4. The highest BCUT2D eigenvalue weighted by molar-refractivity contribution is 6.52. The van der Waals surface area contributed by atoms with Gasteiger partial charge in [-0.2, -0.15) is 4.39 Å². The first-order valence-electron chi connectivity index (χ1n) is 5.88. The van der Waals surface area contributed by atoms with Crippen molar-refractivity contribution in [2.75, 3.05) is 0 Å². The lowest BCUT2D eigenvalue weighted by Gasteiger charge is -2.03. The predicted molar refractivity (Wildman–Crippen MR) is 72.1 cm³/mol. The van der Waals surface area contributed by atoms with Crippen LogP contribution in [0, 0.1) is 18.6 Å². The van der Waals surface area contributed by atoms with Gasteiger partial charge in [0.1, 0.15) is 0 Å². The molecule has 20 heavy (non-hydrogen) atoms. The lowest BCUT2D eigenvalue weighted by molar-refractivity contribution is 0.362. The number of halogens is 2. The number of fused-ring (bicyclic) bond motifs is 3. The van der Waals surface area contributed by atoms with E-state index in [9.17, 15) is 13.9 Å². The normalized spacial score (nSPS) is 11.4. The molecule has 3 rings (SSSR count). The molecule has 0 radical (unpaired) electrons. The fraction of sp³-hybridized carbons (Fsp3) is 0.0769. The van der Waals surface area contributed by atoms with Gasteiger partial charge in [0.15, 0.2) is 22.7 Å². The van der Waals surface area contributed by atoms with Gasteiger partial charge in [0.05, 0.1) is 0 Å². The topological polar surface area (TPSA) is 68.6 Å². The molecule has 0 aliphatic heterocycles. The summed E-state index contributed by atoms with van der Waals surface area (Å²) in [5, 5.41) is 10.3. The Morgan fingerprint density at radius 2 is 2.00 bits per heavy atom. The number of aromatic hydroxyl groups is 1. The molecule has 0 fully saturated rings. The van der Waals surface area contributed by atoms with Crippen LogP contribution in [0.5, 0.6) is 5.75 Å². The van der Waals surface area contributed by atoms with E-state index in [-0.39, 0.29) is 18.6 Å². The molecule has 0 spiro atoms. The molecule has 0 bridgehead atoms. The van der Waals surface area contributed by atoms with Crippen LogP contribution < -0.4 is 11.4 Å². The molecule has 0 saturated heterocycles. The van der Waals surface area contributed by atoms with Gasteiger partial charge in [0.2, 0.25) is 5.82 Å². The average Bonchev–Trinajstić information content (AvgIpc) is 2.81. The highest BCUT2D eigenvalue weighted by Gasteiger charge is 2.21. The Kier molecular flexibility index (Phi) is 2.88. The molecule has 0 amide bonds. The minimum absolute atomic E-state index is 0.0530. The molecule has 3 aromatic rings. The molecule has 0 saturated carbocycles. The van der Waals surface area contributed by atoms with E-state index in [0.29, 0.717) is 21.8 Å². The highest BCUT2D eigenvalue weighted by atomic mass is 19.1. The number of phenols is 1. The number of rotatable bonds is 2. The monoisotopic (exact) mass is 277 g/mol. The fourth-order valence-corrected chi connectivity index (χ4v) is 2.32. The second kappa shape index (κ2) is 4.47. The van der Waals surface area contributed by atoms with Gasteiger partial charge in [-0.1, -0.05) is 12.1 Å². The van der Waals surface area contributed by atoms with E-state index in [0.717, 1.165) is 0 Å². The van der Waals surface area contributed by atoms with Gasteiger partial charge < -0.3 is 14.3 Å². The first kappa shape index (κ1) is 12.9. The molecule has 102 valence electrons. The van der Waals surface area contributed by atoms with Gasteiger partial charge >= 0.3 is 7.48 Å². The zero-order valence-corrected chi connectivity index (χ0v) is 10.5. The summed E-state index contributed by atoms with van der Waals surface area (Å²) >= 11 is 0. The Morgan fingerprint density at radius 3 is 2.70 bits per heavy atom. The van der Waals surface area contributed by atoms with E-state index in [1.165, 1.54) is 6.07 Å². The molecule has 0 atom stereocenters. The summed E-state index contributed by atoms with van der Waals surface area (Å²) in [6.45, 7) is 1.58. The third kappa shape index (κ3) is 1.67. The standard InChI is InChI=1S/C13H10BF2NO3/c1-5-2-3-6-9-7(14-20-17)4-8(18)11(16)13(9)19-12(6)10(5)15/h2-4,14,18H,17H2,1H3. The van der Waals surface area contributed by atoms with E-state index in [1.807, 2.05) is 0 Å². The largest absolute Gasteiger partial charge is 0.505 e. The maximum atomic E-state index is 14.1. The Labute approximate surface area is 113 Å². The Bertz CT molecular complexity index is 832. The van der Waals surface area contributed by atoms with E-state index in [4.69, 9.17) is 10.3 Å². The molecular weight excluding hydrogens is 267 g/mol. The highest BCUT2D eigenvalue weighted by Crippen LogP contribution is 2.34. The number of hydrogen-bond donors (Lipinski definition) is 2. The van der Waals surface area contributed by atoms with E-state index < -0.39 is 17.4 Å². The van der Waals surface area contributed by atoms with Crippen LogP contribution in [0.4, 0.5) is 8.78 Å². The summed E-state index contributed by atoms with van der Waals surface area (Å²) in [5.74, 6) is 2.94. The zero-order chi connectivity index (χ0) is 14.4. The maximum absolute atomic E-state index is 14.1. The molecule has 1 heterocycles. The molecular formula is C13H10BF2NO3. The lowest BCUT2D eigenvalue weighted by Crippen LogP contribution is -2.21. The number of furan rings is 1. The first-order valence-corrected chi connectivity index (χ1v) is 5.88. The van der Waals surface area contributed by atoms with Crippen molar-refractivity contribution in [3.8, 4) is 5.75 Å². The molecule has 1 aromatic heterocycles. The van der Waals surface area contributed by atoms with Crippen LogP contribution >= 0.6 is 0 Å². The molecule has 3 N–H and O–H groups in total. The molecule has 0 unspecified atom stereocenters. The summed E-state index contributed by atoms with van der Waals surface area (Å²) in [7, 11) is -0.0610. The van der Waals surface area contributed by atoms with Crippen LogP contribution in [-0.4, -0.2) is 12.6 Å². The molecule has 7 heteroatoms. The second-order valence-electron chi connectivity index (χ2n) is 4.56. The van der Waals surface area contributed by atoms with Gasteiger partial charge in [-0.05, 0) is 24.0 Å². The maximum Gasteiger partial charge on any atom is 0.337 e. The molecule has 2 aromatic carbocycles. The van der Waals surface area contributed by atoms with Crippen molar-refractivity contribution in [2.45, 2.75) is 6.92 Å². The third-order valence-electron chi connectivity index (χ3n) is 3.29. The minimum Gasteiger partial charge on any atom is -0.505 e. The van der Waals surface area contributed by atoms with Gasteiger partial charge in [-0.3, -0.25) is 0 Å². The van der Waals surface area contributed by atoms with Crippen molar-refractivity contribution < 1.29 is 23.1 Å². The Hall–Kier alpha value is -2.12.